The van der Waals surface area contributed by atoms with Crippen LogP contribution in [0.3, 0.4) is 0 Å². The van der Waals surface area contributed by atoms with Crippen molar-refractivity contribution in [2.75, 3.05) is 0 Å². The first kappa shape index (κ1) is 25.7. The first-order valence-electron chi connectivity index (χ1n) is 15.7. The molecule has 0 aliphatic rings. The first-order valence-corrected chi connectivity index (χ1v) is 15.7. The Morgan fingerprint density at radius 3 is 1.57 bits per heavy atom. The Kier molecular flexibility index (Phi) is 5.32. The largest absolute Gasteiger partial charge is 0.456 e. The Morgan fingerprint density at radius 2 is 0.915 bits per heavy atom. The first-order chi connectivity index (χ1) is 23.2. The molecule has 0 fully saturated rings. The third kappa shape index (κ3) is 3.75. The maximum atomic E-state index is 9.44. The van der Waals surface area contributed by atoms with E-state index >= 15 is 0 Å². The lowest BCUT2D eigenvalue weighted by Crippen LogP contribution is -1.95. The number of benzene rings is 7. The summed E-state index contributed by atoms with van der Waals surface area (Å²) in [6.45, 7) is 0. The van der Waals surface area contributed by atoms with Crippen molar-refractivity contribution in [1.82, 2.24) is 9.13 Å². The molecule has 4 heteroatoms. The third-order valence-electron chi connectivity index (χ3n) is 9.53. The Bertz CT molecular complexity index is 2880. The molecule has 10 rings (SSSR count). The number of nitriles is 1. The number of aromatic nitrogens is 2. The van der Waals surface area contributed by atoms with Gasteiger partial charge in [-0.15, -0.1) is 0 Å². The number of para-hydroxylation sites is 3. The van der Waals surface area contributed by atoms with Crippen molar-refractivity contribution < 1.29 is 4.42 Å². The van der Waals surface area contributed by atoms with Gasteiger partial charge in [0.15, 0.2) is 0 Å². The minimum atomic E-state index is 0.648. The molecule has 0 amide bonds. The van der Waals surface area contributed by atoms with Crippen LogP contribution in [0, 0.1) is 11.3 Å². The summed E-state index contributed by atoms with van der Waals surface area (Å²) in [5.74, 6) is 0. The van der Waals surface area contributed by atoms with Gasteiger partial charge in [0, 0.05) is 43.7 Å². The molecular formula is C43H25N3O. The molecule has 3 heterocycles. The second-order valence-electron chi connectivity index (χ2n) is 12.1. The van der Waals surface area contributed by atoms with Gasteiger partial charge in [-0.2, -0.15) is 5.26 Å². The van der Waals surface area contributed by atoms with E-state index in [1.807, 2.05) is 30.3 Å². The summed E-state index contributed by atoms with van der Waals surface area (Å²) < 4.78 is 11.0. The SMILES string of the molecule is N#Cc1cccc(-c2ccc3oc4ccc(-n5c6ccccc6c6cc(-n7c8ccccc8c8ccccc87)ccc65)cc4c3c2)c1. The van der Waals surface area contributed by atoms with E-state index in [2.05, 4.69) is 137 Å². The molecule has 4 nitrogen and oxygen atoms in total. The second-order valence-corrected chi connectivity index (χ2v) is 12.1. The van der Waals surface area contributed by atoms with Crippen LogP contribution in [0.4, 0.5) is 0 Å². The maximum Gasteiger partial charge on any atom is 0.135 e. The Morgan fingerprint density at radius 1 is 0.404 bits per heavy atom. The van der Waals surface area contributed by atoms with Crippen molar-refractivity contribution in [1.29, 1.82) is 5.26 Å². The van der Waals surface area contributed by atoms with Crippen LogP contribution in [-0.4, -0.2) is 9.13 Å². The summed E-state index contributed by atoms with van der Waals surface area (Å²) in [6.07, 6.45) is 0. The van der Waals surface area contributed by atoms with Crippen molar-refractivity contribution in [2.24, 2.45) is 0 Å². The zero-order valence-electron chi connectivity index (χ0n) is 25.2. The number of rotatable bonds is 3. The fourth-order valence-electron chi connectivity index (χ4n) is 7.43. The standard InChI is InChI=1S/C43H25N3O/c44-26-27-8-7-9-28(22-27)29-16-20-42-36(23-29)37-25-31(18-21-43(37)47-42)46-40-15-6-3-12-34(40)35-24-30(17-19-41(35)46)45-38-13-4-1-10-32(38)33-11-2-5-14-39(33)45/h1-25H. The molecule has 0 bridgehead atoms. The lowest BCUT2D eigenvalue weighted by atomic mass is 10.0. The topological polar surface area (TPSA) is 46.8 Å². The molecule has 0 atom stereocenters. The van der Waals surface area contributed by atoms with Crippen molar-refractivity contribution in [2.45, 2.75) is 0 Å². The van der Waals surface area contributed by atoms with Crippen LogP contribution in [0.25, 0.3) is 88.1 Å². The highest BCUT2D eigenvalue weighted by Gasteiger charge is 2.17. The van der Waals surface area contributed by atoms with Gasteiger partial charge >= 0.3 is 0 Å². The summed E-state index contributed by atoms with van der Waals surface area (Å²) in [6, 6.07) is 55.5. The molecule has 0 aliphatic heterocycles. The highest BCUT2D eigenvalue weighted by atomic mass is 16.3. The molecule has 10 aromatic rings. The maximum absolute atomic E-state index is 9.44. The van der Waals surface area contributed by atoms with E-state index in [1.165, 1.54) is 32.6 Å². The van der Waals surface area contributed by atoms with Crippen molar-refractivity contribution in [3.8, 4) is 28.6 Å². The normalized spacial score (nSPS) is 11.8. The minimum absolute atomic E-state index is 0.648. The van der Waals surface area contributed by atoms with Crippen molar-refractivity contribution >= 4 is 65.6 Å². The molecule has 0 N–H and O–H groups in total. The molecule has 0 saturated heterocycles. The van der Waals surface area contributed by atoms with Gasteiger partial charge in [0.1, 0.15) is 11.2 Å². The number of hydrogen-bond acceptors (Lipinski definition) is 2. The van der Waals surface area contributed by atoms with E-state index < -0.39 is 0 Å². The molecule has 218 valence electrons. The van der Waals surface area contributed by atoms with E-state index in [-0.39, 0.29) is 0 Å². The van der Waals surface area contributed by atoms with Crippen LogP contribution in [-0.2, 0) is 0 Å². The molecule has 7 aromatic carbocycles. The van der Waals surface area contributed by atoms with Crippen LogP contribution < -0.4 is 0 Å². The van der Waals surface area contributed by atoms with E-state index in [0.29, 0.717) is 5.56 Å². The molecule has 0 spiro atoms. The molecule has 0 saturated carbocycles. The molecule has 47 heavy (non-hydrogen) atoms. The average molecular weight is 600 g/mol. The van der Waals surface area contributed by atoms with E-state index in [4.69, 9.17) is 4.42 Å². The summed E-state index contributed by atoms with van der Waals surface area (Å²) in [5, 5.41) is 16.5. The van der Waals surface area contributed by atoms with Crippen LogP contribution >= 0.6 is 0 Å². The molecule has 0 radical (unpaired) electrons. The summed E-state index contributed by atoms with van der Waals surface area (Å²) >= 11 is 0. The Balaban J connectivity index is 1.19. The molecular weight excluding hydrogens is 574 g/mol. The van der Waals surface area contributed by atoms with Gasteiger partial charge in [-0.25, -0.2) is 0 Å². The van der Waals surface area contributed by atoms with Crippen LogP contribution in [0.5, 0.6) is 0 Å². The van der Waals surface area contributed by atoms with E-state index in [9.17, 15) is 5.26 Å². The van der Waals surface area contributed by atoms with Crippen molar-refractivity contribution in [3.63, 3.8) is 0 Å². The highest BCUT2D eigenvalue weighted by Crippen LogP contribution is 2.39. The Labute approximate surface area is 269 Å². The lowest BCUT2D eigenvalue weighted by molar-refractivity contribution is 0.669. The smallest absolute Gasteiger partial charge is 0.135 e. The quantitative estimate of drug-likeness (QED) is 0.203. The number of hydrogen-bond donors (Lipinski definition) is 0. The van der Waals surface area contributed by atoms with E-state index in [0.717, 1.165) is 55.5 Å². The second kappa shape index (κ2) is 9.71. The molecule has 0 aliphatic carbocycles. The number of furan rings is 1. The van der Waals surface area contributed by atoms with E-state index in [1.54, 1.807) is 0 Å². The zero-order valence-corrected chi connectivity index (χ0v) is 25.2. The molecule has 0 unspecified atom stereocenters. The van der Waals surface area contributed by atoms with Gasteiger partial charge in [-0.05, 0) is 90.0 Å². The monoisotopic (exact) mass is 599 g/mol. The van der Waals surface area contributed by atoms with Gasteiger partial charge in [-0.3, -0.25) is 0 Å². The van der Waals surface area contributed by atoms with Gasteiger partial charge in [0.25, 0.3) is 0 Å². The van der Waals surface area contributed by atoms with Gasteiger partial charge in [0.2, 0.25) is 0 Å². The predicted molar refractivity (Wildman–Crippen MR) is 193 cm³/mol. The van der Waals surface area contributed by atoms with Crippen molar-refractivity contribution in [3.05, 3.63) is 157 Å². The molecule has 3 aromatic heterocycles. The minimum Gasteiger partial charge on any atom is -0.456 e. The van der Waals surface area contributed by atoms with Gasteiger partial charge in [-0.1, -0.05) is 72.8 Å². The summed E-state index contributed by atoms with van der Waals surface area (Å²) in [7, 11) is 0. The average Bonchev–Trinajstić information content (AvgIpc) is 3.78. The number of nitrogens with zero attached hydrogens (tertiary/aromatic N) is 3. The summed E-state index contributed by atoms with van der Waals surface area (Å²) in [4.78, 5) is 0. The third-order valence-corrected chi connectivity index (χ3v) is 9.53. The fraction of sp³-hybridized carbons (Fsp3) is 0. The lowest BCUT2D eigenvalue weighted by Gasteiger charge is -2.10. The Hall–Kier alpha value is -6.57. The highest BCUT2D eigenvalue weighted by molar-refractivity contribution is 6.13. The van der Waals surface area contributed by atoms with Crippen LogP contribution in [0.15, 0.2) is 156 Å². The van der Waals surface area contributed by atoms with Gasteiger partial charge < -0.3 is 13.6 Å². The summed E-state index contributed by atoms with van der Waals surface area (Å²) in [5.41, 5.74) is 11.3. The van der Waals surface area contributed by atoms with Gasteiger partial charge in [0.05, 0.1) is 33.7 Å². The zero-order chi connectivity index (χ0) is 31.1. The van der Waals surface area contributed by atoms with Crippen LogP contribution in [0.2, 0.25) is 0 Å². The fourth-order valence-corrected chi connectivity index (χ4v) is 7.43. The number of fused-ring (bicyclic) bond motifs is 9. The van der Waals surface area contributed by atoms with Crippen LogP contribution in [0.1, 0.15) is 5.56 Å². The predicted octanol–water partition coefficient (Wildman–Crippen LogP) is 11.3.